The molecule has 4 rings (SSSR count). The summed E-state index contributed by atoms with van der Waals surface area (Å²) in [6.45, 7) is 0.631. The predicted octanol–water partition coefficient (Wildman–Crippen LogP) is 3.08. The maximum atomic E-state index is 12.2. The van der Waals surface area contributed by atoms with Gasteiger partial charge in [-0.2, -0.15) is 16.4 Å². The summed E-state index contributed by atoms with van der Waals surface area (Å²) >= 11 is 1.62. The van der Waals surface area contributed by atoms with E-state index in [9.17, 15) is 4.79 Å². The number of aromatic nitrogens is 2. The molecule has 25 heavy (non-hydrogen) atoms. The Bertz CT molecular complexity index is 815. The number of rotatable bonds is 5. The highest BCUT2D eigenvalue weighted by atomic mass is 32.1. The first kappa shape index (κ1) is 15.5. The molecule has 0 aliphatic carbocycles. The summed E-state index contributed by atoms with van der Waals surface area (Å²) in [7, 11) is 0. The molecule has 8 heteroatoms. The monoisotopic (exact) mass is 356 g/mol. The van der Waals surface area contributed by atoms with E-state index in [1.54, 1.807) is 35.7 Å². The molecule has 1 aliphatic heterocycles. The molecular weight excluding hydrogens is 340 g/mol. The van der Waals surface area contributed by atoms with Gasteiger partial charge in [-0.1, -0.05) is 0 Å². The summed E-state index contributed by atoms with van der Waals surface area (Å²) in [5.74, 6) is 1.31. The number of nitrogens with zero attached hydrogens (tertiary/aromatic N) is 2. The van der Waals surface area contributed by atoms with Gasteiger partial charge in [0.05, 0.1) is 6.04 Å². The number of carbonyl (C=O) groups is 1. The molecule has 3 aromatic rings. The molecule has 128 valence electrons. The first-order valence-electron chi connectivity index (χ1n) is 7.75. The number of ether oxygens (including phenoxy) is 2. The van der Waals surface area contributed by atoms with Crippen LogP contribution in [0.5, 0.6) is 11.5 Å². The van der Waals surface area contributed by atoms with Crippen LogP contribution in [0.1, 0.15) is 11.6 Å². The van der Waals surface area contributed by atoms with Crippen LogP contribution in [0.3, 0.4) is 0 Å². The van der Waals surface area contributed by atoms with Crippen LogP contribution in [0.25, 0.3) is 0 Å². The van der Waals surface area contributed by atoms with Gasteiger partial charge < -0.3 is 20.1 Å². The van der Waals surface area contributed by atoms with Crippen LogP contribution in [0.2, 0.25) is 0 Å². The summed E-state index contributed by atoms with van der Waals surface area (Å²) in [6, 6.07) is 8.86. The van der Waals surface area contributed by atoms with E-state index in [1.807, 2.05) is 28.4 Å². The number of hydrogen-bond acceptors (Lipinski definition) is 5. The number of benzene rings is 1. The minimum Gasteiger partial charge on any atom is -0.454 e. The van der Waals surface area contributed by atoms with Crippen molar-refractivity contribution in [1.82, 2.24) is 15.1 Å². The number of fused-ring (bicyclic) bond motifs is 1. The molecule has 0 saturated heterocycles. The third-order valence-electron chi connectivity index (χ3n) is 3.86. The highest BCUT2D eigenvalue weighted by Crippen LogP contribution is 2.34. The summed E-state index contributed by atoms with van der Waals surface area (Å²) in [5.41, 5.74) is 1.75. The van der Waals surface area contributed by atoms with E-state index < -0.39 is 0 Å². The van der Waals surface area contributed by atoms with E-state index in [0.29, 0.717) is 23.7 Å². The van der Waals surface area contributed by atoms with Crippen molar-refractivity contribution in [3.05, 3.63) is 59.0 Å². The summed E-state index contributed by atoms with van der Waals surface area (Å²) in [5, 5.41) is 14.1. The zero-order valence-corrected chi connectivity index (χ0v) is 14.0. The summed E-state index contributed by atoms with van der Waals surface area (Å²) in [6.07, 6.45) is 3.62. The lowest BCUT2D eigenvalue weighted by Gasteiger charge is -2.17. The van der Waals surface area contributed by atoms with Gasteiger partial charge in [0.25, 0.3) is 0 Å². The number of nitrogens with one attached hydrogen (secondary N) is 2. The minimum atomic E-state index is -0.286. The molecule has 0 fully saturated rings. The molecule has 2 N–H and O–H groups in total. The second-order valence-electron chi connectivity index (χ2n) is 5.46. The quantitative estimate of drug-likeness (QED) is 0.736. The van der Waals surface area contributed by atoms with Gasteiger partial charge in [0.15, 0.2) is 11.5 Å². The van der Waals surface area contributed by atoms with Crippen molar-refractivity contribution >= 4 is 23.1 Å². The van der Waals surface area contributed by atoms with Crippen molar-refractivity contribution in [2.45, 2.75) is 6.04 Å². The van der Waals surface area contributed by atoms with Crippen LogP contribution in [0, 0.1) is 0 Å². The molecule has 1 aliphatic rings. The smallest absolute Gasteiger partial charge is 0.319 e. The van der Waals surface area contributed by atoms with Gasteiger partial charge in [0, 0.05) is 30.7 Å². The van der Waals surface area contributed by atoms with Crippen molar-refractivity contribution in [1.29, 1.82) is 0 Å². The lowest BCUT2D eigenvalue weighted by Crippen LogP contribution is -2.34. The van der Waals surface area contributed by atoms with Crippen LogP contribution in [0.4, 0.5) is 10.5 Å². The highest BCUT2D eigenvalue weighted by Gasteiger charge is 2.17. The Morgan fingerprint density at radius 1 is 1.32 bits per heavy atom. The fourth-order valence-electron chi connectivity index (χ4n) is 2.63. The summed E-state index contributed by atoms with van der Waals surface area (Å²) < 4.78 is 12.4. The molecule has 0 saturated carbocycles. The zero-order valence-electron chi connectivity index (χ0n) is 13.2. The predicted molar refractivity (Wildman–Crippen MR) is 94.3 cm³/mol. The average molecular weight is 356 g/mol. The van der Waals surface area contributed by atoms with E-state index in [2.05, 4.69) is 21.1 Å². The molecule has 3 heterocycles. The topological polar surface area (TPSA) is 77.4 Å². The van der Waals surface area contributed by atoms with Crippen LogP contribution in [-0.4, -0.2) is 29.1 Å². The van der Waals surface area contributed by atoms with Gasteiger partial charge in [-0.25, -0.2) is 4.79 Å². The minimum absolute atomic E-state index is 0.0521. The van der Waals surface area contributed by atoms with Crippen LogP contribution in [-0.2, 0) is 0 Å². The molecule has 2 aromatic heterocycles. The molecular formula is C17H16N4O3S. The first-order chi connectivity index (χ1) is 12.3. The lowest BCUT2D eigenvalue weighted by atomic mass is 10.1. The van der Waals surface area contributed by atoms with E-state index in [1.165, 1.54) is 0 Å². The number of anilines is 1. The van der Waals surface area contributed by atoms with Gasteiger partial charge in [-0.15, -0.1) is 0 Å². The molecule has 0 spiro atoms. The third-order valence-corrected chi connectivity index (χ3v) is 4.56. The maximum Gasteiger partial charge on any atom is 0.319 e. The normalized spacial score (nSPS) is 13.4. The van der Waals surface area contributed by atoms with Gasteiger partial charge in [0.2, 0.25) is 6.79 Å². The molecule has 7 nitrogen and oxygen atoms in total. The van der Waals surface area contributed by atoms with E-state index in [-0.39, 0.29) is 18.9 Å². The van der Waals surface area contributed by atoms with Crippen molar-refractivity contribution in [3.63, 3.8) is 0 Å². The van der Waals surface area contributed by atoms with E-state index >= 15 is 0 Å². The molecule has 0 bridgehead atoms. The fraction of sp³-hybridized carbons (Fsp3) is 0.176. The second-order valence-corrected chi connectivity index (χ2v) is 6.24. The number of amides is 2. The van der Waals surface area contributed by atoms with Crippen molar-refractivity contribution < 1.29 is 14.3 Å². The second kappa shape index (κ2) is 6.86. The Kier molecular flexibility index (Phi) is 4.26. The molecule has 0 radical (unpaired) electrons. The fourth-order valence-corrected chi connectivity index (χ4v) is 3.34. The van der Waals surface area contributed by atoms with Crippen LogP contribution in [0.15, 0.2) is 53.5 Å². The van der Waals surface area contributed by atoms with Crippen molar-refractivity contribution in [2.75, 3.05) is 18.7 Å². The lowest BCUT2D eigenvalue weighted by molar-refractivity contribution is 0.174. The Morgan fingerprint density at radius 3 is 3.04 bits per heavy atom. The van der Waals surface area contributed by atoms with Gasteiger partial charge in [-0.3, -0.25) is 4.68 Å². The Labute approximate surface area is 148 Å². The highest BCUT2D eigenvalue weighted by molar-refractivity contribution is 7.07. The van der Waals surface area contributed by atoms with E-state index in [4.69, 9.17) is 9.47 Å². The summed E-state index contributed by atoms with van der Waals surface area (Å²) in [4.78, 5) is 12.2. The number of thiophene rings is 1. The third kappa shape index (κ3) is 3.43. The first-order valence-corrected chi connectivity index (χ1v) is 8.69. The van der Waals surface area contributed by atoms with E-state index in [0.717, 1.165) is 5.56 Å². The largest absolute Gasteiger partial charge is 0.454 e. The van der Waals surface area contributed by atoms with Gasteiger partial charge in [-0.05, 0) is 40.6 Å². The van der Waals surface area contributed by atoms with Gasteiger partial charge in [0.1, 0.15) is 0 Å². The molecule has 2 amide bonds. The molecule has 1 atom stereocenters. The van der Waals surface area contributed by atoms with Crippen LogP contribution >= 0.6 is 11.3 Å². The Hall–Kier alpha value is -3.00. The Balaban J connectivity index is 1.40. The number of hydrogen-bond donors (Lipinski definition) is 2. The number of carbonyl (C=O) groups excluding carboxylic acids is 1. The molecule has 0 unspecified atom stereocenters. The zero-order chi connectivity index (χ0) is 17.1. The Morgan fingerprint density at radius 2 is 2.24 bits per heavy atom. The van der Waals surface area contributed by atoms with Crippen molar-refractivity contribution in [2.24, 2.45) is 0 Å². The average Bonchev–Trinajstić information content (AvgIpc) is 3.37. The van der Waals surface area contributed by atoms with Crippen LogP contribution < -0.4 is 20.1 Å². The van der Waals surface area contributed by atoms with Gasteiger partial charge >= 0.3 is 6.03 Å². The maximum absolute atomic E-state index is 12.2. The SMILES string of the molecule is O=C(NC[C@@H](c1ccsc1)n1cccn1)Nc1ccc2c(c1)OCO2. The van der Waals surface area contributed by atoms with Crippen molar-refractivity contribution in [3.8, 4) is 11.5 Å². The molecule has 1 aromatic carbocycles. The standard InChI is InChI=1S/C17H16N4O3S/c22-17(20-13-2-3-15-16(8-13)24-11-23-15)18-9-14(12-4-7-25-10-12)21-6-1-5-19-21/h1-8,10,14H,9,11H2,(H2,18,20,22)/t14-/m0/s1. The number of urea groups is 1.